The first kappa shape index (κ1) is 14.4. The van der Waals surface area contributed by atoms with Crippen LogP contribution in [0.4, 0.5) is 4.39 Å². The molecule has 0 amide bonds. The summed E-state index contributed by atoms with van der Waals surface area (Å²) >= 11 is 0. The molecule has 6 heteroatoms. The molecule has 2 heterocycles. The Kier molecular flexibility index (Phi) is 3.23. The van der Waals surface area contributed by atoms with E-state index >= 15 is 0 Å². The van der Waals surface area contributed by atoms with E-state index in [0.717, 1.165) is 32.4 Å². The lowest BCUT2D eigenvalue weighted by Gasteiger charge is -2.16. The number of hydrogen-bond acceptors (Lipinski definition) is 3. The summed E-state index contributed by atoms with van der Waals surface area (Å²) in [5.41, 5.74) is 0.351. The van der Waals surface area contributed by atoms with Crippen molar-refractivity contribution in [2.75, 3.05) is 13.1 Å². The van der Waals surface area contributed by atoms with Crippen LogP contribution in [-0.2, 0) is 0 Å². The van der Waals surface area contributed by atoms with Gasteiger partial charge in [-0.3, -0.25) is 4.79 Å². The van der Waals surface area contributed by atoms with E-state index in [1.165, 1.54) is 12.3 Å². The largest absolute Gasteiger partial charge is 0.477 e. The number of rotatable bonds is 3. The summed E-state index contributed by atoms with van der Waals surface area (Å²) in [6.07, 6.45) is 4.19. The summed E-state index contributed by atoms with van der Waals surface area (Å²) < 4.78 is 16.3. The molecule has 1 unspecified atom stereocenters. The lowest BCUT2D eigenvalue weighted by Crippen LogP contribution is -2.19. The zero-order valence-corrected chi connectivity index (χ0v) is 12.5. The topological polar surface area (TPSA) is 71.3 Å². The van der Waals surface area contributed by atoms with Gasteiger partial charge in [-0.25, -0.2) is 9.18 Å². The minimum Gasteiger partial charge on any atom is -0.477 e. The van der Waals surface area contributed by atoms with Crippen LogP contribution in [0.15, 0.2) is 23.1 Å². The summed E-state index contributed by atoms with van der Waals surface area (Å²) in [6.45, 7) is 1.58. The molecule has 2 aromatic rings. The molecule has 5 nitrogen and oxygen atoms in total. The molecular formula is C17H17FN2O3. The maximum absolute atomic E-state index is 14.5. The molecule has 1 aliphatic carbocycles. The lowest BCUT2D eigenvalue weighted by atomic mass is 9.95. The maximum Gasteiger partial charge on any atom is 0.341 e. The maximum atomic E-state index is 14.5. The van der Waals surface area contributed by atoms with Gasteiger partial charge in [-0.05, 0) is 43.5 Å². The first-order chi connectivity index (χ1) is 11.1. The molecule has 1 aliphatic heterocycles. The van der Waals surface area contributed by atoms with Crippen LogP contribution >= 0.6 is 0 Å². The number of aromatic carboxylic acids is 1. The third-order valence-corrected chi connectivity index (χ3v) is 4.82. The molecule has 1 aromatic carbocycles. The van der Waals surface area contributed by atoms with Crippen molar-refractivity contribution in [3.8, 4) is 0 Å². The van der Waals surface area contributed by atoms with Crippen molar-refractivity contribution in [3.63, 3.8) is 0 Å². The van der Waals surface area contributed by atoms with Gasteiger partial charge in [0.15, 0.2) is 0 Å². The highest BCUT2D eigenvalue weighted by Gasteiger charge is 2.28. The van der Waals surface area contributed by atoms with Gasteiger partial charge >= 0.3 is 5.97 Å². The molecule has 1 saturated carbocycles. The number of carboxylic acids is 1. The van der Waals surface area contributed by atoms with Crippen molar-refractivity contribution in [2.24, 2.45) is 0 Å². The number of benzene rings is 1. The Hall–Kier alpha value is -2.21. The zero-order chi connectivity index (χ0) is 16.1. The molecule has 23 heavy (non-hydrogen) atoms. The molecule has 0 spiro atoms. The van der Waals surface area contributed by atoms with Crippen molar-refractivity contribution in [3.05, 3.63) is 45.5 Å². The highest BCUT2D eigenvalue weighted by atomic mass is 19.1. The average molecular weight is 316 g/mol. The Bertz CT molecular complexity index is 864. The van der Waals surface area contributed by atoms with Crippen LogP contribution in [0.25, 0.3) is 10.9 Å². The van der Waals surface area contributed by atoms with Gasteiger partial charge in [0.2, 0.25) is 5.43 Å². The summed E-state index contributed by atoms with van der Waals surface area (Å²) in [7, 11) is 0. The molecule has 1 aromatic heterocycles. The monoisotopic (exact) mass is 316 g/mol. The number of pyridine rings is 1. The minimum absolute atomic E-state index is 0.0984. The van der Waals surface area contributed by atoms with Gasteiger partial charge in [0, 0.05) is 30.1 Å². The Morgan fingerprint density at radius 2 is 2.09 bits per heavy atom. The van der Waals surface area contributed by atoms with Crippen LogP contribution in [0.3, 0.4) is 0 Å². The molecule has 0 radical (unpaired) electrons. The predicted octanol–water partition coefficient (Wildman–Crippen LogP) is 2.25. The lowest BCUT2D eigenvalue weighted by molar-refractivity contribution is 0.0695. The van der Waals surface area contributed by atoms with E-state index in [0.29, 0.717) is 11.1 Å². The molecule has 2 aliphatic rings. The molecular weight excluding hydrogens is 299 g/mol. The highest BCUT2D eigenvalue weighted by molar-refractivity contribution is 5.92. The van der Waals surface area contributed by atoms with Crippen molar-refractivity contribution < 1.29 is 14.3 Å². The summed E-state index contributed by atoms with van der Waals surface area (Å²) in [5.74, 6) is -1.59. The summed E-state index contributed by atoms with van der Waals surface area (Å²) in [5, 5.41) is 12.6. The number of hydrogen-bond donors (Lipinski definition) is 2. The van der Waals surface area contributed by atoms with Crippen molar-refractivity contribution in [2.45, 2.75) is 31.2 Å². The first-order valence-corrected chi connectivity index (χ1v) is 7.88. The van der Waals surface area contributed by atoms with Crippen LogP contribution in [0.5, 0.6) is 0 Å². The number of nitrogens with one attached hydrogen (secondary N) is 1. The molecule has 1 saturated heterocycles. The van der Waals surface area contributed by atoms with E-state index < -0.39 is 17.2 Å². The van der Waals surface area contributed by atoms with Gasteiger partial charge in [0.1, 0.15) is 11.4 Å². The number of carboxylic acid groups (broad SMARTS) is 1. The SMILES string of the molecule is O=C(O)c1cn(C2CC2)c2cc(C3CCNC3)c(F)cc2c1=O. The van der Waals surface area contributed by atoms with Gasteiger partial charge in [-0.15, -0.1) is 0 Å². The van der Waals surface area contributed by atoms with E-state index in [4.69, 9.17) is 0 Å². The fourth-order valence-electron chi connectivity index (χ4n) is 3.43. The normalized spacial score (nSPS) is 21.0. The smallest absolute Gasteiger partial charge is 0.341 e. The first-order valence-electron chi connectivity index (χ1n) is 7.88. The van der Waals surface area contributed by atoms with Crippen LogP contribution in [0.1, 0.15) is 47.1 Å². The van der Waals surface area contributed by atoms with Crippen molar-refractivity contribution in [1.82, 2.24) is 9.88 Å². The van der Waals surface area contributed by atoms with E-state index in [9.17, 15) is 19.1 Å². The third-order valence-electron chi connectivity index (χ3n) is 4.82. The van der Waals surface area contributed by atoms with E-state index in [1.807, 2.05) is 4.57 Å². The van der Waals surface area contributed by atoms with Crippen LogP contribution in [0, 0.1) is 5.82 Å². The predicted molar refractivity (Wildman–Crippen MR) is 83.6 cm³/mol. The number of halogens is 1. The van der Waals surface area contributed by atoms with Gasteiger partial charge in [0.25, 0.3) is 0 Å². The molecule has 2 fully saturated rings. The van der Waals surface area contributed by atoms with Crippen LogP contribution in [-0.4, -0.2) is 28.7 Å². The van der Waals surface area contributed by atoms with Gasteiger partial charge in [0.05, 0.1) is 5.52 Å². The second kappa shape index (κ2) is 5.16. The molecule has 0 bridgehead atoms. The highest BCUT2D eigenvalue weighted by Crippen LogP contribution is 2.38. The fraction of sp³-hybridized carbons (Fsp3) is 0.412. The van der Waals surface area contributed by atoms with Crippen molar-refractivity contribution in [1.29, 1.82) is 0 Å². The van der Waals surface area contributed by atoms with E-state index in [1.54, 1.807) is 6.07 Å². The van der Waals surface area contributed by atoms with Crippen LogP contribution < -0.4 is 10.7 Å². The molecule has 1 atom stereocenters. The number of nitrogens with zero attached hydrogens (tertiary/aromatic N) is 1. The van der Waals surface area contributed by atoms with Crippen LogP contribution in [0.2, 0.25) is 0 Å². The second-order valence-electron chi connectivity index (χ2n) is 6.40. The third kappa shape index (κ3) is 2.34. The van der Waals surface area contributed by atoms with E-state index in [-0.39, 0.29) is 22.9 Å². The quantitative estimate of drug-likeness (QED) is 0.911. The molecule has 120 valence electrons. The fourth-order valence-corrected chi connectivity index (χ4v) is 3.43. The number of carbonyl (C=O) groups is 1. The Labute approximate surface area is 131 Å². The summed E-state index contributed by atoms with van der Waals surface area (Å²) in [6, 6.07) is 3.17. The zero-order valence-electron chi connectivity index (χ0n) is 12.5. The average Bonchev–Trinajstić information content (AvgIpc) is 3.21. The van der Waals surface area contributed by atoms with Gasteiger partial charge in [-0.1, -0.05) is 0 Å². The van der Waals surface area contributed by atoms with Crippen molar-refractivity contribution >= 4 is 16.9 Å². The minimum atomic E-state index is -1.27. The Morgan fingerprint density at radius 3 is 2.70 bits per heavy atom. The number of fused-ring (bicyclic) bond motifs is 1. The Morgan fingerprint density at radius 1 is 1.30 bits per heavy atom. The van der Waals surface area contributed by atoms with E-state index in [2.05, 4.69) is 5.32 Å². The Balaban J connectivity index is 2.00. The molecule has 2 N–H and O–H groups in total. The van der Waals surface area contributed by atoms with Gasteiger partial charge in [-0.2, -0.15) is 0 Å². The standard InChI is InChI=1S/C17H17FN2O3/c18-14-5-12-15(6-11(14)9-3-4-19-7-9)20(10-1-2-10)8-13(16(12)21)17(22)23/h5-6,8-10,19H,1-4,7H2,(H,22,23). The van der Waals surface area contributed by atoms with Gasteiger partial charge < -0.3 is 15.0 Å². The summed E-state index contributed by atoms with van der Waals surface area (Å²) in [4.78, 5) is 23.7. The number of aromatic nitrogens is 1. The molecule has 4 rings (SSSR count). The second-order valence-corrected chi connectivity index (χ2v) is 6.40.